The summed E-state index contributed by atoms with van der Waals surface area (Å²) in [6.07, 6.45) is 4.96. The van der Waals surface area contributed by atoms with Crippen LogP contribution in [-0.2, 0) is 23.0 Å². The maximum Gasteiger partial charge on any atom is 0.191 e. The van der Waals surface area contributed by atoms with Crippen LogP contribution in [0.3, 0.4) is 0 Å². The van der Waals surface area contributed by atoms with Crippen LogP contribution in [0.5, 0.6) is 5.75 Å². The van der Waals surface area contributed by atoms with Gasteiger partial charge in [-0.05, 0) is 42.5 Å². The number of hydrogen-bond acceptors (Lipinski definition) is 6. The number of sulfone groups is 1. The Morgan fingerprint density at radius 3 is 2.63 bits per heavy atom. The third-order valence-electron chi connectivity index (χ3n) is 4.32. The van der Waals surface area contributed by atoms with E-state index in [4.69, 9.17) is 16.3 Å². The van der Waals surface area contributed by atoms with Crippen LogP contribution in [-0.4, -0.2) is 40.9 Å². The zero-order valence-electron chi connectivity index (χ0n) is 15.1. The Labute approximate surface area is 168 Å². The van der Waals surface area contributed by atoms with Crippen LogP contribution >= 0.6 is 23.4 Å². The van der Waals surface area contributed by atoms with Gasteiger partial charge in [0.15, 0.2) is 11.0 Å². The maximum absolute atomic E-state index is 11.6. The fraction of sp³-hybridized carbons (Fsp3) is 0.444. The largest absolute Gasteiger partial charge is 0.486 e. The van der Waals surface area contributed by atoms with Crippen molar-refractivity contribution >= 4 is 33.2 Å². The van der Waals surface area contributed by atoms with E-state index in [9.17, 15) is 8.42 Å². The SMILES string of the molecule is C=CCn1c(COc2ccc(Cl)cc2)nnc1SCC1(CS(C)(=O)=O)CC1. The lowest BCUT2D eigenvalue weighted by molar-refractivity contribution is 0.289. The van der Waals surface area contributed by atoms with Gasteiger partial charge in [0.05, 0.1) is 5.75 Å². The fourth-order valence-corrected chi connectivity index (χ4v) is 5.82. The van der Waals surface area contributed by atoms with E-state index in [1.54, 1.807) is 42.1 Å². The summed E-state index contributed by atoms with van der Waals surface area (Å²) in [7, 11) is -2.98. The molecule has 0 radical (unpaired) electrons. The van der Waals surface area contributed by atoms with E-state index in [2.05, 4.69) is 16.8 Å². The predicted molar refractivity (Wildman–Crippen MR) is 108 cm³/mol. The zero-order valence-corrected chi connectivity index (χ0v) is 17.5. The summed E-state index contributed by atoms with van der Waals surface area (Å²) in [6, 6.07) is 7.13. The van der Waals surface area contributed by atoms with Crippen molar-refractivity contribution in [3.05, 3.63) is 47.8 Å². The maximum atomic E-state index is 11.6. The number of hydrogen-bond donors (Lipinski definition) is 0. The van der Waals surface area contributed by atoms with Gasteiger partial charge in [-0.2, -0.15) is 0 Å². The predicted octanol–water partition coefficient (Wildman–Crippen LogP) is 3.61. The van der Waals surface area contributed by atoms with Gasteiger partial charge in [0.2, 0.25) is 0 Å². The van der Waals surface area contributed by atoms with E-state index in [0.29, 0.717) is 28.9 Å². The monoisotopic (exact) mass is 427 g/mol. The summed E-state index contributed by atoms with van der Waals surface area (Å²) in [5.41, 5.74) is -0.122. The van der Waals surface area contributed by atoms with Crippen LogP contribution < -0.4 is 4.74 Å². The Bertz CT molecular complexity index is 906. The topological polar surface area (TPSA) is 74.1 Å². The molecule has 2 aromatic rings. The van der Waals surface area contributed by atoms with E-state index in [1.807, 2.05) is 4.57 Å². The number of allylic oxidation sites excluding steroid dienone is 1. The van der Waals surface area contributed by atoms with E-state index in [0.717, 1.165) is 18.0 Å². The van der Waals surface area contributed by atoms with Crippen LogP contribution in [0.2, 0.25) is 5.02 Å². The molecule has 0 unspecified atom stereocenters. The van der Waals surface area contributed by atoms with Gasteiger partial charge in [-0.1, -0.05) is 29.4 Å². The Balaban J connectivity index is 1.66. The van der Waals surface area contributed by atoms with Crippen molar-refractivity contribution in [1.82, 2.24) is 14.8 Å². The highest BCUT2D eigenvalue weighted by atomic mass is 35.5. The lowest BCUT2D eigenvalue weighted by Gasteiger charge is -2.14. The Kier molecular flexibility index (Phi) is 6.18. The molecule has 1 aromatic heterocycles. The van der Waals surface area contributed by atoms with Crippen molar-refractivity contribution in [3.63, 3.8) is 0 Å². The van der Waals surface area contributed by atoms with E-state index < -0.39 is 9.84 Å². The molecule has 0 spiro atoms. The Morgan fingerprint density at radius 2 is 2.04 bits per heavy atom. The van der Waals surface area contributed by atoms with E-state index >= 15 is 0 Å². The molecule has 1 saturated carbocycles. The normalized spacial score (nSPS) is 15.5. The second kappa shape index (κ2) is 8.24. The number of nitrogens with zero attached hydrogens (tertiary/aromatic N) is 3. The van der Waals surface area contributed by atoms with Crippen LogP contribution in [0.1, 0.15) is 18.7 Å². The lowest BCUT2D eigenvalue weighted by Crippen LogP contribution is -2.18. The molecule has 0 saturated heterocycles. The number of rotatable bonds is 10. The summed E-state index contributed by atoms with van der Waals surface area (Å²) >= 11 is 7.43. The van der Waals surface area contributed by atoms with Crippen molar-refractivity contribution in [2.75, 3.05) is 17.8 Å². The fourth-order valence-electron chi connectivity index (χ4n) is 2.80. The Morgan fingerprint density at radius 1 is 1.33 bits per heavy atom. The highest BCUT2D eigenvalue weighted by molar-refractivity contribution is 7.99. The first-order valence-corrected chi connectivity index (χ1v) is 11.9. The summed E-state index contributed by atoms with van der Waals surface area (Å²) in [4.78, 5) is 0. The minimum atomic E-state index is -2.98. The molecule has 0 aliphatic heterocycles. The average molecular weight is 428 g/mol. The summed E-state index contributed by atoms with van der Waals surface area (Å²) in [5.74, 6) is 2.34. The highest BCUT2D eigenvalue weighted by Crippen LogP contribution is 2.49. The first-order chi connectivity index (χ1) is 12.8. The smallest absolute Gasteiger partial charge is 0.191 e. The van der Waals surface area contributed by atoms with Crippen LogP contribution in [0, 0.1) is 5.41 Å². The molecule has 1 heterocycles. The average Bonchev–Trinajstić information content (AvgIpc) is 3.24. The molecule has 0 N–H and O–H groups in total. The van der Waals surface area contributed by atoms with E-state index in [-0.39, 0.29) is 17.8 Å². The first-order valence-electron chi connectivity index (χ1n) is 8.52. The minimum Gasteiger partial charge on any atom is -0.486 e. The number of thioether (sulfide) groups is 1. The number of aromatic nitrogens is 3. The molecule has 0 atom stereocenters. The highest BCUT2D eigenvalue weighted by Gasteiger charge is 2.45. The molecule has 0 amide bonds. The van der Waals surface area contributed by atoms with Crippen molar-refractivity contribution in [3.8, 4) is 5.75 Å². The minimum absolute atomic E-state index is 0.122. The van der Waals surface area contributed by atoms with E-state index in [1.165, 1.54) is 6.26 Å². The van der Waals surface area contributed by atoms with Crippen LogP contribution in [0.25, 0.3) is 0 Å². The third kappa shape index (κ3) is 5.73. The molecule has 1 aromatic carbocycles. The van der Waals surface area contributed by atoms with Crippen LogP contribution in [0.4, 0.5) is 0 Å². The van der Waals surface area contributed by atoms with Crippen molar-refractivity contribution in [2.45, 2.75) is 31.1 Å². The quantitative estimate of drug-likeness (QED) is 0.426. The molecule has 6 nitrogen and oxygen atoms in total. The van der Waals surface area contributed by atoms with Crippen LogP contribution in [0.15, 0.2) is 42.1 Å². The van der Waals surface area contributed by atoms with Crippen molar-refractivity contribution < 1.29 is 13.2 Å². The van der Waals surface area contributed by atoms with Gasteiger partial charge in [-0.15, -0.1) is 16.8 Å². The molecule has 1 fully saturated rings. The molecule has 1 aliphatic rings. The third-order valence-corrected chi connectivity index (χ3v) is 7.03. The van der Waals surface area contributed by atoms with Gasteiger partial charge in [0.25, 0.3) is 0 Å². The first kappa shape index (κ1) is 20.2. The summed E-state index contributed by atoms with van der Waals surface area (Å²) in [6.45, 7) is 4.63. The molecular formula is C18H22ClN3O3S2. The molecule has 27 heavy (non-hydrogen) atoms. The van der Waals surface area contributed by atoms with Gasteiger partial charge in [0.1, 0.15) is 22.2 Å². The number of halogens is 1. The molecule has 0 bridgehead atoms. The number of ether oxygens (including phenoxy) is 1. The van der Waals surface area contributed by atoms with Crippen molar-refractivity contribution in [1.29, 1.82) is 0 Å². The number of benzene rings is 1. The summed E-state index contributed by atoms with van der Waals surface area (Å²) in [5, 5.41) is 9.91. The van der Waals surface area contributed by atoms with Crippen molar-refractivity contribution in [2.24, 2.45) is 5.41 Å². The van der Waals surface area contributed by atoms with Gasteiger partial charge < -0.3 is 4.74 Å². The Hall–Kier alpha value is -1.51. The summed E-state index contributed by atoms with van der Waals surface area (Å²) < 4.78 is 31.0. The molecule has 146 valence electrons. The van der Waals surface area contributed by atoms with Gasteiger partial charge in [0, 0.05) is 23.6 Å². The molecule has 1 aliphatic carbocycles. The standard InChI is InChI=1S/C18H22ClN3O3S2/c1-3-10-22-16(11-25-15-6-4-14(19)5-7-15)20-21-17(22)26-12-18(8-9-18)13-27(2,23)24/h3-7H,1,8-13H2,2H3. The zero-order chi connectivity index (χ0) is 19.5. The molecule has 9 heteroatoms. The molecular weight excluding hydrogens is 406 g/mol. The van der Waals surface area contributed by atoms with Gasteiger partial charge >= 0.3 is 0 Å². The molecule has 3 rings (SSSR count). The van der Waals surface area contributed by atoms with Gasteiger partial charge in [-0.25, -0.2) is 8.42 Å². The second-order valence-corrected chi connectivity index (χ2v) is 10.4. The lowest BCUT2D eigenvalue weighted by atomic mass is 10.2. The second-order valence-electron chi connectivity index (χ2n) is 6.90. The van der Waals surface area contributed by atoms with Gasteiger partial charge in [-0.3, -0.25) is 4.57 Å².